The molecule has 1 fully saturated rings. The predicted octanol–water partition coefficient (Wildman–Crippen LogP) is 2.38. The van der Waals surface area contributed by atoms with Gasteiger partial charge in [0, 0.05) is 25.8 Å². The molecular formula is C15H20BrNO4. The van der Waals surface area contributed by atoms with Crippen LogP contribution in [0.2, 0.25) is 0 Å². The van der Waals surface area contributed by atoms with Crippen molar-refractivity contribution < 1.29 is 19.0 Å². The maximum absolute atomic E-state index is 12.1. The highest BCUT2D eigenvalue weighted by atomic mass is 79.9. The third-order valence-electron chi connectivity index (χ3n) is 3.25. The first-order valence-electron chi connectivity index (χ1n) is 7.02. The molecule has 0 radical (unpaired) electrons. The molecule has 0 aliphatic carbocycles. The highest BCUT2D eigenvalue weighted by Crippen LogP contribution is 2.26. The molecule has 0 unspecified atom stereocenters. The second-order valence-electron chi connectivity index (χ2n) is 4.83. The Kier molecular flexibility index (Phi) is 6.48. The molecule has 5 nitrogen and oxygen atoms in total. The molecule has 0 aromatic heterocycles. The zero-order valence-electron chi connectivity index (χ0n) is 12.1. The van der Waals surface area contributed by atoms with Crippen LogP contribution in [0.1, 0.15) is 23.2 Å². The van der Waals surface area contributed by atoms with Crippen LogP contribution in [0.25, 0.3) is 0 Å². The van der Waals surface area contributed by atoms with Crippen LogP contribution in [-0.2, 0) is 9.47 Å². The Morgan fingerprint density at radius 3 is 3.00 bits per heavy atom. The largest absolute Gasteiger partial charge is 0.490 e. The topological polar surface area (TPSA) is 56.8 Å². The number of nitrogens with one attached hydrogen (secondary N) is 1. The van der Waals surface area contributed by atoms with Crippen LogP contribution < -0.4 is 10.1 Å². The van der Waals surface area contributed by atoms with Crippen LogP contribution >= 0.6 is 15.9 Å². The lowest BCUT2D eigenvalue weighted by Crippen LogP contribution is -2.31. The van der Waals surface area contributed by atoms with E-state index in [1.54, 1.807) is 25.3 Å². The maximum Gasteiger partial charge on any atom is 0.251 e. The molecule has 2 rings (SSSR count). The van der Waals surface area contributed by atoms with Gasteiger partial charge >= 0.3 is 0 Å². The minimum absolute atomic E-state index is 0.102. The molecular weight excluding hydrogens is 338 g/mol. The average molecular weight is 358 g/mol. The fraction of sp³-hybridized carbons (Fsp3) is 0.533. The van der Waals surface area contributed by atoms with Crippen molar-refractivity contribution in [3.05, 3.63) is 28.2 Å². The maximum atomic E-state index is 12.1. The van der Waals surface area contributed by atoms with E-state index in [0.717, 1.165) is 23.9 Å². The molecule has 1 heterocycles. The van der Waals surface area contributed by atoms with Gasteiger partial charge in [-0.1, -0.05) is 0 Å². The summed E-state index contributed by atoms with van der Waals surface area (Å²) in [5.41, 5.74) is 0.596. The molecule has 1 amide bonds. The van der Waals surface area contributed by atoms with Gasteiger partial charge in [0.05, 0.1) is 17.2 Å². The van der Waals surface area contributed by atoms with E-state index in [0.29, 0.717) is 31.1 Å². The van der Waals surface area contributed by atoms with Crippen molar-refractivity contribution in [2.75, 3.05) is 33.5 Å². The standard InChI is InChI=1S/C15H20BrNO4/c1-19-7-8-21-14-5-4-11(9-13(14)16)15(18)17-10-12-3-2-6-20-12/h4-5,9,12H,2-3,6-8,10H2,1H3,(H,17,18)/t12-/m1/s1. The van der Waals surface area contributed by atoms with Gasteiger partial charge in [0.1, 0.15) is 12.4 Å². The first kappa shape index (κ1) is 16.3. The van der Waals surface area contributed by atoms with Gasteiger partial charge in [-0.2, -0.15) is 0 Å². The minimum atomic E-state index is -0.102. The number of amides is 1. The van der Waals surface area contributed by atoms with Gasteiger partial charge in [0.25, 0.3) is 5.91 Å². The second kappa shape index (κ2) is 8.36. The van der Waals surface area contributed by atoms with Gasteiger partial charge in [-0.15, -0.1) is 0 Å². The minimum Gasteiger partial charge on any atom is -0.490 e. The van der Waals surface area contributed by atoms with Crippen molar-refractivity contribution in [1.29, 1.82) is 0 Å². The van der Waals surface area contributed by atoms with Crippen molar-refractivity contribution in [2.24, 2.45) is 0 Å². The van der Waals surface area contributed by atoms with E-state index in [-0.39, 0.29) is 12.0 Å². The molecule has 0 spiro atoms. The molecule has 1 saturated heterocycles. The number of halogens is 1. The summed E-state index contributed by atoms with van der Waals surface area (Å²) in [6.45, 7) is 2.35. The number of benzene rings is 1. The van der Waals surface area contributed by atoms with Crippen molar-refractivity contribution in [3.63, 3.8) is 0 Å². The quantitative estimate of drug-likeness (QED) is 0.761. The number of hydrogen-bond donors (Lipinski definition) is 1. The van der Waals surface area contributed by atoms with Gasteiger partial charge in [0.2, 0.25) is 0 Å². The average Bonchev–Trinajstić information content (AvgIpc) is 3.00. The monoisotopic (exact) mass is 357 g/mol. The molecule has 1 N–H and O–H groups in total. The van der Waals surface area contributed by atoms with Crippen molar-refractivity contribution in [1.82, 2.24) is 5.32 Å². The molecule has 1 aliphatic rings. The molecule has 21 heavy (non-hydrogen) atoms. The van der Waals surface area contributed by atoms with Crippen LogP contribution in [0.5, 0.6) is 5.75 Å². The van der Waals surface area contributed by atoms with Crippen molar-refractivity contribution in [3.8, 4) is 5.75 Å². The lowest BCUT2D eigenvalue weighted by atomic mass is 10.2. The number of methoxy groups -OCH3 is 1. The van der Waals surface area contributed by atoms with Gasteiger partial charge in [-0.05, 0) is 47.0 Å². The Bertz CT molecular complexity index is 475. The van der Waals surface area contributed by atoms with E-state index in [2.05, 4.69) is 21.2 Å². The zero-order chi connectivity index (χ0) is 15.1. The number of ether oxygens (including phenoxy) is 3. The number of rotatable bonds is 7. The fourth-order valence-corrected chi connectivity index (χ4v) is 2.60. The van der Waals surface area contributed by atoms with Crippen LogP contribution in [-0.4, -0.2) is 45.5 Å². The lowest BCUT2D eigenvalue weighted by molar-refractivity contribution is 0.0857. The number of carbonyl (C=O) groups is 1. The highest BCUT2D eigenvalue weighted by Gasteiger charge is 2.17. The highest BCUT2D eigenvalue weighted by molar-refractivity contribution is 9.10. The molecule has 1 atom stereocenters. The Balaban J connectivity index is 1.87. The Morgan fingerprint density at radius 1 is 1.48 bits per heavy atom. The van der Waals surface area contributed by atoms with Crippen LogP contribution in [0, 0.1) is 0 Å². The van der Waals surface area contributed by atoms with Gasteiger partial charge in [0.15, 0.2) is 0 Å². The Morgan fingerprint density at radius 2 is 2.33 bits per heavy atom. The fourth-order valence-electron chi connectivity index (χ4n) is 2.11. The summed E-state index contributed by atoms with van der Waals surface area (Å²) < 4.78 is 16.7. The lowest BCUT2D eigenvalue weighted by Gasteiger charge is -2.12. The molecule has 1 aliphatic heterocycles. The second-order valence-corrected chi connectivity index (χ2v) is 5.69. The van der Waals surface area contributed by atoms with E-state index in [1.165, 1.54) is 0 Å². The first-order chi connectivity index (χ1) is 10.2. The summed E-state index contributed by atoms with van der Waals surface area (Å²) in [5.74, 6) is 0.595. The van der Waals surface area contributed by atoms with E-state index >= 15 is 0 Å². The molecule has 6 heteroatoms. The SMILES string of the molecule is COCCOc1ccc(C(=O)NC[C@H]2CCCO2)cc1Br. The van der Waals surface area contributed by atoms with Crippen molar-refractivity contribution >= 4 is 21.8 Å². The predicted molar refractivity (Wildman–Crippen MR) is 82.8 cm³/mol. The van der Waals surface area contributed by atoms with Crippen molar-refractivity contribution in [2.45, 2.75) is 18.9 Å². The zero-order valence-corrected chi connectivity index (χ0v) is 13.6. The van der Waals surface area contributed by atoms with Crippen LogP contribution in [0.3, 0.4) is 0 Å². The summed E-state index contributed by atoms with van der Waals surface area (Å²) >= 11 is 3.41. The summed E-state index contributed by atoms with van der Waals surface area (Å²) in [5, 5.41) is 2.89. The first-order valence-corrected chi connectivity index (χ1v) is 7.81. The molecule has 116 valence electrons. The van der Waals surface area contributed by atoms with Gasteiger partial charge in [-0.25, -0.2) is 0 Å². The van der Waals surface area contributed by atoms with E-state index in [1.807, 2.05) is 0 Å². The number of hydrogen-bond acceptors (Lipinski definition) is 4. The molecule has 0 bridgehead atoms. The van der Waals surface area contributed by atoms with E-state index in [9.17, 15) is 4.79 Å². The summed E-state index contributed by atoms with van der Waals surface area (Å²) in [7, 11) is 1.62. The van der Waals surface area contributed by atoms with Gasteiger partial charge < -0.3 is 19.5 Å². The Labute approximate surface area is 133 Å². The summed E-state index contributed by atoms with van der Waals surface area (Å²) in [6, 6.07) is 5.28. The summed E-state index contributed by atoms with van der Waals surface area (Å²) in [6.07, 6.45) is 2.23. The molecule has 1 aromatic rings. The van der Waals surface area contributed by atoms with E-state index < -0.39 is 0 Å². The summed E-state index contributed by atoms with van der Waals surface area (Å²) in [4.78, 5) is 12.1. The Hall–Kier alpha value is -1.11. The third kappa shape index (κ3) is 4.98. The van der Waals surface area contributed by atoms with Gasteiger partial charge in [-0.3, -0.25) is 4.79 Å². The molecule has 1 aromatic carbocycles. The molecule has 0 saturated carbocycles. The van der Waals surface area contributed by atoms with Crippen LogP contribution in [0.15, 0.2) is 22.7 Å². The number of carbonyl (C=O) groups excluding carboxylic acids is 1. The normalized spacial score (nSPS) is 17.7. The smallest absolute Gasteiger partial charge is 0.251 e. The van der Waals surface area contributed by atoms with E-state index in [4.69, 9.17) is 14.2 Å². The third-order valence-corrected chi connectivity index (χ3v) is 3.87. The van der Waals surface area contributed by atoms with Crippen LogP contribution in [0.4, 0.5) is 0 Å².